The predicted molar refractivity (Wildman–Crippen MR) is 82.7 cm³/mol. The molecule has 2 rings (SSSR count). The fourth-order valence-corrected chi connectivity index (χ4v) is 3.48. The molecule has 0 aromatic heterocycles. The molecular weight excluding hydrogens is 240 g/mol. The predicted octanol–water partition coefficient (Wildman–Crippen LogP) is 4.38. The Hall–Kier alpha value is -0.960. The normalized spacial score (nSPS) is 17.7. The Morgan fingerprint density at radius 3 is 2.61 bits per heavy atom. The van der Waals surface area contributed by atoms with Crippen molar-refractivity contribution in [3.8, 4) is 0 Å². The van der Waals surface area contributed by atoms with Gasteiger partial charge in [-0.05, 0) is 43.9 Å². The summed E-state index contributed by atoms with van der Waals surface area (Å²) < 4.78 is 0. The van der Waals surface area contributed by atoms with Gasteiger partial charge in [-0.2, -0.15) is 0 Å². The summed E-state index contributed by atoms with van der Waals surface area (Å²) in [6.45, 7) is 8.76. The second kappa shape index (κ2) is 5.35. The molecule has 1 aliphatic heterocycles. The van der Waals surface area contributed by atoms with Gasteiger partial charge in [0.15, 0.2) is 5.17 Å². The fraction of sp³-hybridized carbons (Fsp3) is 0.533. The van der Waals surface area contributed by atoms with Crippen LogP contribution in [0.5, 0.6) is 0 Å². The third kappa shape index (κ3) is 2.56. The maximum atomic E-state index is 4.89. The minimum Gasteiger partial charge on any atom is -0.335 e. The number of benzene rings is 1. The molecule has 1 aromatic rings. The van der Waals surface area contributed by atoms with Crippen molar-refractivity contribution in [2.24, 2.45) is 4.99 Å². The molecule has 0 amide bonds. The first kappa shape index (κ1) is 13.5. The van der Waals surface area contributed by atoms with Gasteiger partial charge in [0.25, 0.3) is 0 Å². The van der Waals surface area contributed by atoms with Gasteiger partial charge >= 0.3 is 0 Å². The van der Waals surface area contributed by atoms with E-state index in [-0.39, 0.29) is 5.54 Å². The molecule has 0 bridgehead atoms. The maximum Gasteiger partial charge on any atom is 0.161 e. The summed E-state index contributed by atoms with van der Waals surface area (Å²) in [4.78, 5) is 4.89. The number of hydrogen-bond donors (Lipinski definition) is 1. The molecule has 0 aliphatic carbocycles. The van der Waals surface area contributed by atoms with Gasteiger partial charge in [-0.1, -0.05) is 37.7 Å². The van der Waals surface area contributed by atoms with Crippen LogP contribution in [0.3, 0.4) is 0 Å². The number of thioether (sulfide) groups is 1. The summed E-state index contributed by atoms with van der Waals surface area (Å²) in [7, 11) is 0. The third-order valence-electron chi connectivity index (χ3n) is 3.98. The Balaban J connectivity index is 2.18. The number of amidine groups is 1. The minimum atomic E-state index is 0.157. The molecular formula is C15H22N2S. The Bertz CT molecular complexity index is 462. The van der Waals surface area contributed by atoms with Crippen molar-refractivity contribution in [3.63, 3.8) is 0 Å². The topological polar surface area (TPSA) is 24.4 Å². The van der Waals surface area contributed by atoms with E-state index in [0.29, 0.717) is 0 Å². The van der Waals surface area contributed by atoms with Gasteiger partial charge in [0, 0.05) is 11.4 Å². The van der Waals surface area contributed by atoms with Gasteiger partial charge in [0.05, 0.1) is 5.54 Å². The molecule has 18 heavy (non-hydrogen) atoms. The molecule has 1 N–H and O–H groups in total. The highest BCUT2D eigenvalue weighted by Crippen LogP contribution is 2.34. The van der Waals surface area contributed by atoms with Crippen LogP contribution in [-0.2, 0) is 0 Å². The zero-order valence-electron chi connectivity index (χ0n) is 11.7. The van der Waals surface area contributed by atoms with Crippen LogP contribution in [0.1, 0.15) is 37.8 Å². The van der Waals surface area contributed by atoms with E-state index in [1.54, 1.807) is 0 Å². The SMILES string of the molecule is CCC1(CC)CSC(Nc2cccc(C)c2C)=N1. The Labute approximate surface area is 114 Å². The standard InChI is InChI=1S/C15H22N2S/c1-5-15(6-2)10-18-14(17-15)16-13-9-7-8-11(3)12(13)4/h7-9H,5-6,10H2,1-4H3,(H,16,17). The summed E-state index contributed by atoms with van der Waals surface area (Å²) in [5.41, 5.74) is 3.97. The molecule has 0 saturated heterocycles. The lowest BCUT2D eigenvalue weighted by Gasteiger charge is -2.20. The van der Waals surface area contributed by atoms with Gasteiger partial charge in [0.1, 0.15) is 0 Å². The summed E-state index contributed by atoms with van der Waals surface area (Å²) >= 11 is 1.85. The van der Waals surface area contributed by atoms with E-state index in [9.17, 15) is 0 Å². The summed E-state index contributed by atoms with van der Waals surface area (Å²) in [5.74, 6) is 1.10. The van der Waals surface area contributed by atoms with Gasteiger partial charge in [0.2, 0.25) is 0 Å². The Morgan fingerprint density at radius 1 is 1.28 bits per heavy atom. The van der Waals surface area contributed by atoms with Crippen LogP contribution in [-0.4, -0.2) is 16.5 Å². The number of rotatable bonds is 3. The minimum absolute atomic E-state index is 0.157. The molecule has 1 aliphatic rings. The number of hydrogen-bond acceptors (Lipinski definition) is 3. The lowest BCUT2D eigenvalue weighted by Crippen LogP contribution is -2.24. The zero-order valence-corrected chi connectivity index (χ0v) is 12.5. The lowest BCUT2D eigenvalue weighted by molar-refractivity contribution is 0.456. The second-order valence-corrected chi connectivity index (χ2v) is 5.97. The van der Waals surface area contributed by atoms with E-state index in [1.165, 1.54) is 16.8 Å². The first-order chi connectivity index (χ1) is 8.60. The third-order valence-corrected chi connectivity index (χ3v) is 5.13. The van der Waals surface area contributed by atoms with Crippen LogP contribution < -0.4 is 5.32 Å². The van der Waals surface area contributed by atoms with E-state index in [4.69, 9.17) is 4.99 Å². The monoisotopic (exact) mass is 262 g/mol. The highest BCUT2D eigenvalue weighted by Gasteiger charge is 2.32. The van der Waals surface area contributed by atoms with Crippen molar-refractivity contribution in [2.45, 2.75) is 46.1 Å². The van der Waals surface area contributed by atoms with Gasteiger partial charge in [-0.3, -0.25) is 4.99 Å². The van der Waals surface area contributed by atoms with Crippen LogP contribution in [0.2, 0.25) is 0 Å². The lowest BCUT2D eigenvalue weighted by atomic mass is 9.97. The summed E-state index contributed by atoms with van der Waals surface area (Å²) in [6, 6.07) is 6.37. The molecule has 2 nitrogen and oxygen atoms in total. The Morgan fingerprint density at radius 2 is 2.00 bits per heavy atom. The summed E-state index contributed by atoms with van der Waals surface area (Å²) in [6.07, 6.45) is 2.24. The van der Waals surface area contributed by atoms with Gasteiger partial charge in [-0.25, -0.2) is 0 Å². The van der Waals surface area contributed by atoms with Crippen LogP contribution >= 0.6 is 11.8 Å². The molecule has 0 spiro atoms. The van der Waals surface area contributed by atoms with Crippen LogP contribution in [0.4, 0.5) is 5.69 Å². The molecule has 0 radical (unpaired) electrons. The van der Waals surface area contributed by atoms with Crippen molar-refractivity contribution < 1.29 is 0 Å². The number of aliphatic imine (C=N–C) groups is 1. The quantitative estimate of drug-likeness (QED) is 0.874. The zero-order chi connectivity index (χ0) is 13.2. The highest BCUT2D eigenvalue weighted by molar-refractivity contribution is 8.14. The van der Waals surface area contributed by atoms with E-state index in [2.05, 4.69) is 51.2 Å². The molecule has 0 unspecified atom stereocenters. The first-order valence-electron chi connectivity index (χ1n) is 6.66. The number of nitrogens with zero attached hydrogens (tertiary/aromatic N) is 1. The number of anilines is 1. The molecule has 98 valence electrons. The maximum absolute atomic E-state index is 4.89. The van der Waals surface area contributed by atoms with E-state index >= 15 is 0 Å². The molecule has 1 heterocycles. The van der Waals surface area contributed by atoms with Crippen molar-refractivity contribution in [2.75, 3.05) is 11.1 Å². The first-order valence-corrected chi connectivity index (χ1v) is 7.64. The average molecular weight is 262 g/mol. The van der Waals surface area contributed by atoms with Crippen LogP contribution in [0, 0.1) is 13.8 Å². The number of aryl methyl sites for hydroxylation is 1. The van der Waals surface area contributed by atoms with Crippen molar-refractivity contribution in [3.05, 3.63) is 29.3 Å². The highest BCUT2D eigenvalue weighted by atomic mass is 32.2. The average Bonchev–Trinajstić information content (AvgIpc) is 2.79. The van der Waals surface area contributed by atoms with Crippen LogP contribution in [0.15, 0.2) is 23.2 Å². The Kier molecular flexibility index (Phi) is 4.00. The largest absolute Gasteiger partial charge is 0.335 e. The van der Waals surface area contributed by atoms with Crippen molar-refractivity contribution >= 4 is 22.6 Å². The molecule has 0 atom stereocenters. The smallest absolute Gasteiger partial charge is 0.161 e. The van der Waals surface area contributed by atoms with Crippen LogP contribution in [0.25, 0.3) is 0 Å². The molecule has 3 heteroatoms. The number of nitrogens with one attached hydrogen (secondary N) is 1. The van der Waals surface area contributed by atoms with Crippen molar-refractivity contribution in [1.82, 2.24) is 0 Å². The van der Waals surface area contributed by atoms with E-state index in [0.717, 1.165) is 23.8 Å². The second-order valence-electron chi connectivity index (χ2n) is 5.01. The molecule has 0 fully saturated rings. The van der Waals surface area contributed by atoms with Crippen molar-refractivity contribution in [1.29, 1.82) is 0 Å². The fourth-order valence-electron chi connectivity index (χ4n) is 2.16. The van der Waals surface area contributed by atoms with E-state index < -0.39 is 0 Å². The summed E-state index contributed by atoms with van der Waals surface area (Å²) in [5, 5.41) is 4.56. The molecule has 0 saturated carbocycles. The van der Waals surface area contributed by atoms with Gasteiger partial charge < -0.3 is 5.32 Å². The van der Waals surface area contributed by atoms with E-state index in [1.807, 2.05) is 11.8 Å². The van der Waals surface area contributed by atoms with Gasteiger partial charge in [-0.15, -0.1) is 0 Å². The molecule has 1 aromatic carbocycles.